The molecule has 4 aliphatic carbocycles. The van der Waals surface area contributed by atoms with Gasteiger partial charge in [0.1, 0.15) is 5.69 Å². The zero-order valence-electron chi connectivity index (χ0n) is 14.5. The Kier molecular flexibility index (Phi) is 3.48. The first kappa shape index (κ1) is 14.9. The van der Waals surface area contributed by atoms with Crippen LogP contribution in [-0.2, 0) is 4.79 Å². The van der Waals surface area contributed by atoms with Crippen LogP contribution in [0.15, 0.2) is 30.3 Å². The number of benzene rings is 1. The lowest BCUT2D eigenvalue weighted by atomic mass is 9.49. The van der Waals surface area contributed by atoms with Gasteiger partial charge in [-0.1, -0.05) is 18.2 Å². The molecule has 0 radical (unpaired) electrons. The first-order chi connectivity index (χ1) is 11.7. The standard InChI is InChI=1S/C21H28N2O/c24-20(21-13-16-10-17(14-21)12-18(11-16)15-21)23-8-6-22(7-9-23)19-4-2-1-3-5-19/h1-5,16-18H,6-15H2/p+1. The Morgan fingerprint density at radius 3 is 2.00 bits per heavy atom. The summed E-state index contributed by atoms with van der Waals surface area (Å²) in [5, 5.41) is 0. The Balaban J connectivity index is 1.28. The third-order valence-corrected chi connectivity index (χ3v) is 7.33. The molecule has 6 rings (SSSR count). The molecule has 5 aliphatic rings. The molecule has 1 amide bonds. The topological polar surface area (TPSA) is 24.8 Å². The summed E-state index contributed by atoms with van der Waals surface area (Å²) in [5.74, 6) is 3.10. The summed E-state index contributed by atoms with van der Waals surface area (Å²) in [5.41, 5.74) is 1.42. The third kappa shape index (κ3) is 2.40. The van der Waals surface area contributed by atoms with Gasteiger partial charge in [-0.25, -0.2) is 0 Å². The van der Waals surface area contributed by atoms with E-state index in [1.807, 2.05) is 0 Å². The van der Waals surface area contributed by atoms with E-state index >= 15 is 0 Å². The maximum Gasteiger partial charge on any atom is 0.229 e. The van der Waals surface area contributed by atoms with Crippen LogP contribution in [0.25, 0.3) is 0 Å². The molecule has 128 valence electrons. The molecule has 3 heteroatoms. The van der Waals surface area contributed by atoms with E-state index in [-0.39, 0.29) is 5.41 Å². The number of carbonyl (C=O) groups is 1. The maximum atomic E-state index is 13.4. The van der Waals surface area contributed by atoms with Gasteiger partial charge in [-0.3, -0.25) is 9.69 Å². The zero-order valence-corrected chi connectivity index (χ0v) is 14.5. The van der Waals surface area contributed by atoms with Gasteiger partial charge in [0.15, 0.2) is 0 Å². The van der Waals surface area contributed by atoms with Gasteiger partial charge in [-0.05, 0) is 68.4 Å². The summed E-state index contributed by atoms with van der Waals surface area (Å²) in [7, 11) is 0. The molecule has 24 heavy (non-hydrogen) atoms. The van der Waals surface area contributed by atoms with Gasteiger partial charge in [0.25, 0.3) is 0 Å². The van der Waals surface area contributed by atoms with Crippen molar-refractivity contribution in [1.82, 2.24) is 4.90 Å². The van der Waals surface area contributed by atoms with E-state index in [4.69, 9.17) is 0 Å². The minimum atomic E-state index is 0.0407. The average Bonchev–Trinajstić information content (AvgIpc) is 2.61. The molecule has 0 spiro atoms. The Hall–Kier alpha value is -1.35. The number of carbonyl (C=O) groups excluding carboxylic acids is 1. The number of piperazine rings is 1. The van der Waals surface area contributed by atoms with Crippen molar-refractivity contribution in [2.24, 2.45) is 23.2 Å². The Morgan fingerprint density at radius 2 is 1.46 bits per heavy atom. The van der Waals surface area contributed by atoms with Crippen LogP contribution in [0.1, 0.15) is 38.5 Å². The number of rotatable bonds is 2. The number of quaternary nitrogens is 1. The lowest BCUT2D eigenvalue weighted by Crippen LogP contribution is -3.10. The number of para-hydroxylation sites is 1. The van der Waals surface area contributed by atoms with Crippen molar-refractivity contribution in [3.05, 3.63) is 30.3 Å². The third-order valence-electron chi connectivity index (χ3n) is 7.33. The summed E-state index contributed by atoms with van der Waals surface area (Å²) < 4.78 is 0. The normalized spacial score (nSPS) is 38.5. The first-order valence-electron chi connectivity index (χ1n) is 9.91. The van der Waals surface area contributed by atoms with Crippen LogP contribution in [0.3, 0.4) is 0 Å². The summed E-state index contributed by atoms with van der Waals surface area (Å²) in [4.78, 5) is 17.2. The molecule has 1 aromatic rings. The van der Waals surface area contributed by atoms with Crippen LogP contribution in [0.4, 0.5) is 5.69 Å². The van der Waals surface area contributed by atoms with E-state index in [1.54, 1.807) is 0 Å². The van der Waals surface area contributed by atoms with Crippen LogP contribution < -0.4 is 4.90 Å². The Bertz CT molecular complexity index is 583. The first-order valence-corrected chi connectivity index (χ1v) is 9.91. The van der Waals surface area contributed by atoms with Crippen LogP contribution in [0, 0.1) is 23.2 Å². The monoisotopic (exact) mass is 325 g/mol. The fourth-order valence-corrected chi connectivity index (χ4v) is 6.65. The van der Waals surface area contributed by atoms with Gasteiger partial charge in [0, 0.05) is 0 Å². The van der Waals surface area contributed by atoms with Crippen LogP contribution in [0.5, 0.6) is 0 Å². The van der Waals surface area contributed by atoms with Crippen LogP contribution in [-0.4, -0.2) is 37.0 Å². The van der Waals surface area contributed by atoms with Crippen molar-refractivity contribution >= 4 is 11.6 Å². The summed E-state index contributed by atoms with van der Waals surface area (Å²) in [6.07, 6.45) is 7.84. The minimum Gasteiger partial charge on any atom is -0.331 e. The highest BCUT2D eigenvalue weighted by molar-refractivity contribution is 5.83. The van der Waals surface area contributed by atoms with Gasteiger partial charge in [-0.2, -0.15) is 0 Å². The van der Waals surface area contributed by atoms with Crippen molar-refractivity contribution in [1.29, 1.82) is 0 Å². The van der Waals surface area contributed by atoms with Crippen molar-refractivity contribution in [2.45, 2.75) is 38.5 Å². The number of hydrogen-bond acceptors (Lipinski definition) is 1. The van der Waals surface area contributed by atoms with E-state index in [0.29, 0.717) is 5.91 Å². The molecule has 3 nitrogen and oxygen atoms in total. The highest BCUT2D eigenvalue weighted by Gasteiger charge is 2.55. The fraction of sp³-hybridized carbons (Fsp3) is 0.667. The van der Waals surface area contributed by atoms with Gasteiger partial charge in [-0.15, -0.1) is 0 Å². The van der Waals surface area contributed by atoms with Crippen molar-refractivity contribution in [3.63, 3.8) is 0 Å². The predicted octanol–water partition coefficient (Wildman–Crippen LogP) is 2.26. The van der Waals surface area contributed by atoms with Gasteiger partial charge in [0.2, 0.25) is 5.91 Å². The second kappa shape index (κ2) is 5.59. The largest absolute Gasteiger partial charge is 0.331 e. The van der Waals surface area contributed by atoms with Gasteiger partial charge in [0.05, 0.1) is 31.6 Å². The molecular weight excluding hydrogens is 296 g/mol. The molecule has 1 N–H and O–H groups in total. The van der Waals surface area contributed by atoms with Crippen LogP contribution in [0.2, 0.25) is 0 Å². The van der Waals surface area contributed by atoms with E-state index < -0.39 is 0 Å². The van der Waals surface area contributed by atoms with Gasteiger partial charge < -0.3 is 4.90 Å². The van der Waals surface area contributed by atoms with Crippen molar-refractivity contribution < 1.29 is 9.69 Å². The summed E-state index contributed by atoms with van der Waals surface area (Å²) >= 11 is 0. The Morgan fingerprint density at radius 1 is 0.917 bits per heavy atom. The minimum absolute atomic E-state index is 0.0407. The maximum absolute atomic E-state index is 13.4. The smallest absolute Gasteiger partial charge is 0.229 e. The van der Waals surface area contributed by atoms with Crippen molar-refractivity contribution in [3.8, 4) is 0 Å². The summed E-state index contributed by atoms with van der Waals surface area (Å²) in [6.45, 7) is 3.99. The van der Waals surface area contributed by atoms with Crippen LogP contribution >= 0.6 is 0 Å². The molecule has 0 atom stereocenters. The molecule has 5 fully saturated rings. The fourth-order valence-electron chi connectivity index (χ4n) is 6.65. The molecule has 1 aliphatic heterocycles. The molecule has 1 saturated heterocycles. The van der Waals surface area contributed by atoms with Gasteiger partial charge >= 0.3 is 0 Å². The molecule has 0 unspecified atom stereocenters. The quantitative estimate of drug-likeness (QED) is 0.886. The van der Waals surface area contributed by atoms with E-state index in [1.165, 1.54) is 49.1 Å². The second-order valence-electron chi connectivity index (χ2n) is 8.96. The molecule has 4 bridgehead atoms. The zero-order chi connectivity index (χ0) is 16.1. The predicted molar refractivity (Wildman–Crippen MR) is 94.0 cm³/mol. The number of amides is 1. The lowest BCUT2D eigenvalue weighted by molar-refractivity contribution is -0.837. The van der Waals surface area contributed by atoms with Crippen molar-refractivity contribution in [2.75, 3.05) is 26.2 Å². The molecule has 1 aromatic carbocycles. The second-order valence-corrected chi connectivity index (χ2v) is 8.96. The van der Waals surface area contributed by atoms with E-state index in [0.717, 1.165) is 43.9 Å². The number of nitrogens with zero attached hydrogens (tertiary/aromatic N) is 1. The average molecular weight is 325 g/mol. The molecular formula is C21H29N2O+. The highest BCUT2D eigenvalue weighted by atomic mass is 16.2. The van der Waals surface area contributed by atoms with E-state index in [2.05, 4.69) is 35.2 Å². The SMILES string of the molecule is O=C(N1CC[NH+](c2ccccc2)CC1)C12CC3CC(CC(C3)C1)C2. The van der Waals surface area contributed by atoms with E-state index in [9.17, 15) is 4.79 Å². The number of nitrogens with one attached hydrogen (secondary N) is 1. The molecule has 0 aromatic heterocycles. The summed E-state index contributed by atoms with van der Waals surface area (Å²) in [6, 6.07) is 10.7. The lowest BCUT2D eigenvalue weighted by Gasteiger charge is -2.56. The highest BCUT2D eigenvalue weighted by Crippen LogP contribution is 2.60. The Labute approximate surface area is 145 Å². The molecule has 4 saturated carbocycles. The molecule has 1 heterocycles. The number of hydrogen-bond donors (Lipinski definition) is 1.